The van der Waals surface area contributed by atoms with Crippen molar-refractivity contribution in [3.05, 3.63) is 82.4 Å². The molecule has 0 saturated heterocycles. The van der Waals surface area contributed by atoms with Gasteiger partial charge in [-0.2, -0.15) is 8.78 Å². The minimum absolute atomic E-state index is 0.00399. The number of aryl methyl sites for hydroxylation is 1. The van der Waals surface area contributed by atoms with Gasteiger partial charge in [0.1, 0.15) is 22.9 Å². The Kier molecular flexibility index (Phi) is 5.84. The van der Waals surface area contributed by atoms with Gasteiger partial charge in [0.05, 0.1) is 5.56 Å². The summed E-state index contributed by atoms with van der Waals surface area (Å²) in [5, 5.41) is 12.1. The van der Waals surface area contributed by atoms with E-state index in [9.17, 15) is 40.2 Å². The van der Waals surface area contributed by atoms with Crippen molar-refractivity contribution in [1.82, 2.24) is 0 Å². The smallest absolute Gasteiger partial charge is 0.429 e. The minimum Gasteiger partial charge on any atom is -0.429 e. The summed E-state index contributed by atoms with van der Waals surface area (Å²) >= 11 is 0. The Morgan fingerprint density at radius 1 is 0.806 bits per heavy atom. The van der Waals surface area contributed by atoms with Crippen LogP contribution in [0.25, 0.3) is 11.1 Å². The lowest BCUT2D eigenvalue weighted by Gasteiger charge is -2.21. The predicted molar refractivity (Wildman–Crippen MR) is 92.1 cm³/mol. The second-order valence-electron chi connectivity index (χ2n) is 6.41. The molecule has 31 heavy (non-hydrogen) atoms. The van der Waals surface area contributed by atoms with Crippen LogP contribution in [0.1, 0.15) is 18.1 Å². The highest BCUT2D eigenvalue weighted by Gasteiger charge is 2.43. The summed E-state index contributed by atoms with van der Waals surface area (Å²) in [6.45, 7) is 1.68. The number of rotatable bonds is 5. The van der Waals surface area contributed by atoms with Crippen LogP contribution in [0.4, 0.5) is 35.1 Å². The first kappa shape index (κ1) is 22.4. The van der Waals surface area contributed by atoms with Gasteiger partial charge in [-0.25, -0.2) is 26.3 Å². The van der Waals surface area contributed by atoms with Gasteiger partial charge in [0.25, 0.3) is 0 Å². The van der Waals surface area contributed by atoms with Crippen LogP contribution in [0.3, 0.4) is 0 Å². The van der Waals surface area contributed by atoms with Crippen molar-refractivity contribution in [2.45, 2.75) is 19.5 Å². The summed E-state index contributed by atoms with van der Waals surface area (Å²) in [6, 6.07) is 3.32. The van der Waals surface area contributed by atoms with E-state index in [4.69, 9.17) is 0 Å². The van der Waals surface area contributed by atoms with Gasteiger partial charge in [-0.05, 0) is 18.1 Å². The second-order valence-corrected chi connectivity index (χ2v) is 6.41. The monoisotopic (exact) mass is 447 g/mol. The Hall–Kier alpha value is -3.30. The van der Waals surface area contributed by atoms with Crippen LogP contribution in [0.5, 0.6) is 11.5 Å². The fraction of sp³-hybridized carbons (Fsp3) is 0.143. The molecule has 163 valence electrons. The third-order valence-electron chi connectivity index (χ3n) is 4.39. The molecule has 0 fully saturated rings. The highest BCUT2D eigenvalue weighted by Crippen LogP contribution is 2.43. The molecule has 2 nitrogen and oxygen atoms in total. The molecule has 0 atom stereocenters. The van der Waals surface area contributed by atoms with Crippen molar-refractivity contribution < 1.29 is 45.0 Å². The molecule has 0 unspecified atom stereocenters. The number of alkyl halides is 2. The van der Waals surface area contributed by atoms with Crippen LogP contribution in [-0.4, -0.2) is 0 Å². The van der Waals surface area contributed by atoms with E-state index in [0.29, 0.717) is 12.0 Å². The maximum atomic E-state index is 14.9. The summed E-state index contributed by atoms with van der Waals surface area (Å²) in [4.78, 5) is 0. The van der Waals surface area contributed by atoms with Crippen molar-refractivity contribution in [3.8, 4) is 22.6 Å². The first-order valence-electron chi connectivity index (χ1n) is 8.65. The highest BCUT2D eigenvalue weighted by atomic mass is 19.3. The van der Waals surface area contributed by atoms with E-state index in [-0.39, 0.29) is 18.2 Å². The van der Waals surface area contributed by atoms with Gasteiger partial charge in [-0.3, -0.25) is 5.11 Å². The van der Waals surface area contributed by atoms with Crippen LogP contribution in [0, 0.1) is 34.9 Å². The van der Waals surface area contributed by atoms with Crippen LogP contribution >= 0.6 is 0 Å². The SMILES string of the molecule is CCc1ccc(-c2c([O])cc(F)c(C(F)(F)Oc3cc(F)c(F)c(F)c3)c2F)c(F)c1. The molecular formula is C21H11F8O2. The standard InChI is InChI=1S/C21H11F8O2/c1-2-9-3-4-11(12(22)5-9)17-16(30)8-13(23)18(20(17)27)21(28,29)31-10-6-14(24)19(26)15(25)7-10/h3-8H,2H2,1H3. The first-order valence-corrected chi connectivity index (χ1v) is 8.65. The summed E-state index contributed by atoms with van der Waals surface area (Å²) in [6.07, 6.45) is -4.53. The normalized spacial score (nSPS) is 11.6. The van der Waals surface area contributed by atoms with E-state index in [0.717, 1.165) is 12.1 Å². The molecule has 0 amide bonds. The Bertz CT molecular complexity index is 1140. The topological polar surface area (TPSA) is 29.1 Å². The number of ether oxygens (including phenoxy) is 1. The Morgan fingerprint density at radius 3 is 1.97 bits per heavy atom. The molecule has 0 aliphatic carbocycles. The molecule has 0 spiro atoms. The molecule has 0 aliphatic heterocycles. The van der Waals surface area contributed by atoms with Gasteiger partial charge in [0.15, 0.2) is 29.0 Å². The lowest BCUT2D eigenvalue weighted by Crippen LogP contribution is -2.26. The first-order chi connectivity index (χ1) is 14.5. The Morgan fingerprint density at radius 2 is 1.42 bits per heavy atom. The molecule has 3 aromatic rings. The van der Waals surface area contributed by atoms with E-state index in [1.165, 1.54) is 6.07 Å². The van der Waals surface area contributed by atoms with Crippen LogP contribution < -0.4 is 4.74 Å². The third kappa shape index (κ3) is 4.14. The molecule has 1 radical (unpaired) electrons. The van der Waals surface area contributed by atoms with E-state index >= 15 is 0 Å². The predicted octanol–water partition coefficient (Wildman–Crippen LogP) is 7.02. The molecule has 0 saturated carbocycles. The van der Waals surface area contributed by atoms with Gasteiger partial charge in [0.2, 0.25) is 0 Å². The molecule has 3 rings (SSSR count). The van der Waals surface area contributed by atoms with Crippen molar-refractivity contribution >= 4 is 0 Å². The van der Waals surface area contributed by atoms with Gasteiger partial charge in [-0.1, -0.05) is 19.1 Å². The van der Waals surface area contributed by atoms with Crippen molar-refractivity contribution in [2.24, 2.45) is 0 Å². The van der Waals surface area contributed by atoms with Crippen molar-refractivity contribution in [1.29, 1.82) is 0 Å². The molecule has 3 aromatic carbocycles. The van der Waals surface area contributed by atoms with Gasteiger partial charge in [-0.15, -0.1) is 0 Å². The number of benzene rings is 3. The average molecular weight is 447 g/mol. The molecular weight excluding hydrogens is 436 g/mol. The van der Waals surface area contributed by atoms with Crippen LogP contribution in [-0.2, 0) is 17.6 Å². The maximum absolute atomic E-state index is 14.9. The average Bonchev–Trinajstić information content (AvgIpc) is 2.66. The lowest BCUT2D eigenvalue weighted by molar-refractivity contribution is -0.189. The quantitative estimate of drug-likeness (QED) is 0.305. The fourth-order valence-corrected chi connectivity index (χ4v) is 2.89. The molecule has 0 aromatic heterocycles. The van der Waals surface area contributed by atoms with E-state index in [1.54, 1.807) is 6.92 Å². The zero-order valence-electron chi connectivity index (χ0n) is 15.5. The van der Waals surface area contributed by atoms with Crippen molar-refractivity contribution in [2.75, 3.05) is 0 Å². The maximum Gasteiger partial charge on any atom is 0.432 e. The largest absolute Gasteiger partial charge is 0.432 e. The highest BCUT2D eigenvalue weighted by molar-refractivity contribution is 5.72. The molecule has 0 heterocycles. The third-order valence-corrected chi connectivity index (χ3v) is 4.39. The molecule has 10 heteroatoms. The summed E-state index contributed by atoms with van der Waals surface area (Å²) in [5.41, 5.74) is -3.51. The Balaban J connectivity index is 2.14. The van der Waals surface area contributed by atoms with Gasteiger partial charge >= 0.3 is 6.11 Å². The Labute approximate surface area is 170 Å². The van der Waals surface area contributed by atoms with Crippen molar-refractivity contribution in [3.63, 3.8) is 0 Å². The summed E-state index contributed by atoms with van der Waals surface area (Å²) < 4.78 is 116. The zero-order valence-corrected chi connectivity index (χ0v) is 15.5. The molecule has 0 N–H and O–H groups in total. The number of hydrogen-bond donors (Lipinski definition) is 0. The van der Waals surface area contributed by atoms with E-state index in [2.05, 4.69) is 4.74 Å². The molecule has 0 bridgehead atoms. The van der Waals surface area contributed by atoms with Crippen LogP contribution in [0.15, 0.2) is 36.4 Å². The summed E-state index contributed by atoms with van der Waals surface area (Å²) in [5.74, 6) is -13.7. The summed E-state index contributed by atoms with van der Waals surface area (Å²) in [7, 11) is 0. The van der Waals surface area contributed by atoms with Gasteiger partial charge in [0, 0.05) is 23.8 Å². The zero-order chi connectivity index (χ0) is 23.1. The van der Waals surface area contributed by atoms with E-state index < -0.39 is 69.2 Å². The fourth-order valence-electron chi connectivity index (χ4n) is 2.89. The number of halogens is 8. The minimum atomic E-state index is -4.91. The lowest BCUT2D eigenvalue weighted by atomic mass is 9.97. The molecule has 0 aliphatic rings. The van der Waals surface area contributed by atoms with Gasteiger partial charge < -0.3 is 4.74 Å². The van der Waals surface area contributed by atoms with E-state index in [1.807, 2.05) is 0 Å². The number of hydrogen-bond acceptors (Lipinski definition) is 1. The second kappa shape index (κ2) is 8.09. The van der Waals surface area contributed by atoms with Crippen LogP contribution in [0.2, 0.25) is 0 Å².